The van der Waals surface area contributed by atoms with Crippen LogP contribution in [-0.2, 0) is 11.3 Å². The number of benzene rings is 1. The maximum absolute atomic E-state index is 13.0. The number of carbonyl (C=O) groups is 1. The zero-order chi connectivity index (χ0) is 22.5. The number of ether oxygens (including phenoxy) is 1. The van der Waals surface area contributed by atoms with Crippen LogP contribution in [0.3, 0.4) is 0 Å². The van der Waals surface area contributed by atoms with Crippen LogP contribution in [0.15, 0.2) is 34.0 Å². The van der Waals surface area contributed by atoms with E-state index in [2.05, 4.69) is 40.7 Å². The Morgan fingerprint density at radius 1 is 1.31 bits per heavy atom. The van der Waals surface area contributed by atoms with Crippen molar-refractivity contribution in [2.24, 2.45) is 5.10 Å². The van der Waals surface area contributed by atoms with Crippen LogP contribution in [-0.4, -0.2) is 73.6 Å². The number of morpholine rings is 1. The van der Waals surface area contributed by atoms with Gasteiger partial charge in [-0.25, -0.2) is 10.1 Å². The van der Waals surface area contributed by atoms with Gasteiger partial charge in [-0.1, -0.05) is 17.3 Å². The average Bonchev–Trinajstić information content (AvgIpc) is 3.40. The molecule has 0 atom stereocenters. The number of carbonyl (C=O) groups excluding carboxylic acids is 1. The molecule has 15 nitrogen and oxygen atoms in total. The summed E-state index contributed by atoms with van der Waals surface area (Å²) in [5.74, 6) is -0.751. The number of nitrogens with two attached hydrogens (primary N) is 1. The maximum Gasteiger partial charge on any atom is 0.292 e. The number of hydrogen-bond acceptors (Lipinski definition) is 12. The van der Waals surface area contributed by atoms with E-state index in [4.69, 9.17) is 10.5 Å². The first kappa shape index (κ1) is 21.0. The lowest BCUT2D eigenvalue weighted by atomic mass is 10.2. The van der Waals surface area contributed by atoms with Gasteiger partial charge in [0.15, 0.2) is 5.69 Å². The molecule has 0 unspecified atom stereocenters. The highest BCUT2D eigenvalue weighted by atomic mass is 16.6. The van der Waals surface area contributed by atoms with Gasteiger partial charge >= 0.3 is 0 Å². The summed E-state index contributed by atoms with van der Waals surface area (Å²) < 4.78 is 11.1. The number of nitro groups is 1. The summed E-state index contributed by atoms with van der Waals surface area (Å²) in [5, 5.41) is 30.2. The lowest BCUT2D eigenvalue weighted by Gasteiger charge is -2.25. The third-order valence-corrected chi connectivity index (χ3v) is 4.63. The van der Waals surface area contributed by atoms with Crippen molar-refractivity contribution in [3.8, 4) is 5.82 Å². The molecule has 1 aliphatic rings. The topological polar surface area (TPSA) is 193 Å². The van der Waals surface area contributed by atoms with Crippen molar-refractivity contribution in [2.45, 2.75) is 6.54 Å². The molecule has 1 fully saturated rings. The molecule has 4 rings (SSSR count). The van der Waals surface area contributed by atoms with E-state index in [-0.39, 0.29) is 28.6 Å². The number of hydrogen-bond donors (Lipinski definition) is 2. The van der Waals surface area contributed by atoms with Gasteiger partial charge in [-0.05, 0) is 16.4 Å². The lowest BCUT2D eigenvalue weighted by Crippen LogP contribution is -2.36. The zero-order valence-electron chi connectivity index (χ0n) is 16.6. The van der Waals surface area contributed by atoms with Gasteiger partial charge in [0.2, 0.25) is 11.6 Å². The van der Waals surface area contributed by atoms with Crippen molar-refractivity contribution in [1.29, 1.82) is 0 Å². The van der Waals surface area contributed by atoms with E-state index in [1.807, 2.05) is 0 Å². The normalized spacial score (nSPS) is 14.6. The van der Waals surface area contributed by atoms with E-state index in [1.165, 1.54) is 24.4 Å². The molecule has 1 saturated heterocycles. The molecule has 0 bridgehead atoms. The van der Waals surface area contributed by atoms with E-state index in [0.717, 1.165) is 4.68 Å². The van der Waals surface area contributed by atoms with Crippen LogP contribution in [0.4, 0.5) is 11.5 Å². The first-order valence-corrected chi connectivity index (χ1v) is 9.44. The average molecular weight is 442 g/mol. The van der Waals surface area contributed by atoms with E-state index < -0.39 is 10.8 Å². The number of nitrogens with zero attached hydrogens (tertiary/aromatic N) is 8. The molecular weight excluding hydrogens is 424 g/mol. The van der Waals surface area contributed by atoms with E-state index in [0.29, 0.717) is 38.5 Å². The Kier molecular flexibility index (Phi) is 6.09. The number of amides is 1. The number of hydrazone groups is 1. The Bertz CT molecular complexity index is 1150. The van der Waals surface area contributed by atoms with Crippen LogP contribution >= 0.6 is 0 Å². The van der Waals surface area contributed by atoms with Crippen molar-refractivity contribution < 1.29 is 19.1 Å². The predicted molar refractivity (Wildman–Crippen MR) is 108 cm³/mol. The highest BCUT2D eigenvalue weighted by molar-refractivity contribution is 5.95. The largest absolute Gasteiger partial charge is 0.379 e. The number of nitro benzene ring substituents is 1. The first-order valence-electron chi connectivity index (χ1n) is 9.44. The minimum atomic E-state index is -0.671. The van der Waals surface area contributed by atoms with Crippen molar-refractivity contribution in [2.75, 3.05) is 32.0 Å². The second-order valence-electron chi connectivity index (χ2n) is 6.67. The third-order valence-electron chi connectivity index (χ3n) is 4.63. The van der Waals surface area contributed by atoms with Crippen LogP contribution in [0.25, 0.3) is 5.82 Å². The van der Waals surface area contributed by atoms with Gasteiger partial charge in [-0.15, -0.1) is 5.10 Å². The number of para-hydroxylation sites is 1. The van der Waals surface area contributed by atoms with Crippen molar-refractivity contribution in [3.05, 3.63) is 51.3 Å². The van der Waals surface area contributed by atoms with Crippen molar-refractivity contribution in [1.82, 2.24) is 35.6 Å². The first-order chi connectivity index (χ1) is 15.5. The fourth-order valence-electron chi connectivity index (χ4n) is 3.08. The molecule has 1 amide bonds. The Labute approximate surface area is 179 Å². The second kappa shape index (κ2) is 9.27. The molecular formula is C17H18N10O5. The van der Waals surface area contributed by atoms with Crippen molar-refractivity contribution in [3.63, 3.8) is 0 Å². The quantitative estimate of drug-likeness (QED) is 0.278. The molecule has 0 spiro atoms. The smallest absolute Gasteiger partial charge is 0.292 e. The number of rotatable bonds is 7. The Balaban J connectivity index is 1.60. The molecule has 1 aromatic carbocycles. The lowest BCUT2D eigenvalue weighted by molar-refractivity contribution is -0.385. The number of anilines is 1. The monoisotopic (exact) mass is 442 g/mol. The van der Waals surface area contributed by atoms with Crippen LogP contribution in [0.5, 0.6) is 0 Å². The Morgan fingerprint density at radius 3 is 2.81 bits per heavy atom. The molecule has 3 heterocycles. The number of nitrogen functional groups attached to an aromatic ring is 1. The van der Waals surface area contributed by atoms with Gasteiger partial charge in [-0.3, -0.25) is 19.8 Å². The third kappa shape index (κ3) is 4.42. The predicted octanol–water partition coefficient (Wildman–Crippen LogP) is -0.263. The van der Waals surface area contributed by atoms with Gasteiger partial charge in [0.05, 0.1) is 29.9 Å². The fraction of sp³-hybridized carbons (Fsp3) is 0.294. The van der Waals surface area contributed by atoms with Crippen molar-refractivity contribution >= 4 is 23.6 Å². The highest BCUT2D eigenvalue weighted by Gasteiger charge is 2.26. The standard InChI is InChI=1S/C17H18N10O5/c18-15-16(23-32-22-15)26-14(12(20-24-26)10-25-5-7-31-8-6-25)17(28)21-19-9-11-3-1-2-4-13(11)27(29)30/h1-4,9H,5-8,10H2,(H2,18,22)(H,21,28). The summed E-state index contributed by atoms with van der Waals surface area (Å²) in [6.45, 7) is 2.78. The Morgan fingerprint density at radius 2 is 2.09 bits per heavy atom. The second-order valence-corrected chi connectivity index (χ2v) is 6.67. The molecule has 2 aromatic heterocycles. The molecule has 3 N–H and O–H groups in total. The van der Waals surface area contributed by atoms with Gasteiger partial charge < -0.3 is 10.5 Å². The minimum absolute atomic E-state index is 0.00134. The molecule has 32 heavy (non-hydrogen) atoms. The van der Waals surface area contributed by atoms with Gasteiger partial charge in [0.1, 0.15) is 5.69 Å². The van der Waals surface area contributed by atoms with E-state index in [1.54, 1.807) is 6.07 Å². The van der Waals surface area contributed by atoms with E-state index in [9.17, 15) is 14.9 Å². The van der Waals surface area contributed by atoms with E-state index >= 15 is 0 Å². The number of nitrogens with one attached hydrogen (secondary N) is 1. The maximum atomic E-state index is 13.0. The van der Waals surface area contributed by atoms with Crippen LogP contribution < -0.4 is 11.2 Å². The molecule has 166 valence electrons. The SMILES string of the molecule is Nc1nonc1-n1nnc(CN2CCOCC2)c1C(=O)NN=Cc1ccccc1[N+](=O)[O-]. The summed E-state index contributed by atoms with van der Waals surface area (Å²) in [6, 6.07) is 6.00. The summed E-state index contributed by atoms with van der Waals surface area (Å²) in [4.78, 5) is 25.6. The number of aromatic nitrogens is 5. The van der Waals surface area contributed by atoms with Gasteiger partial charge in [0.25, 0.3) is 11.6 Å². The molecule has 0 radical (unpaired) electrons. The fourth-order valence-corrected chi connectivity index (χ4v) is 3.08. The van der Waals surface area contributed by atoms with Crippen LogP contribution in [0.1, 0.15) is 21.7 Å². The van der Waals surface area contributed by atoms with Crippen LogP contribution in [0, 0.1) is 10.1 Å². The minimum Gasteiger partial charge on any atom is -0.379 e. The summed E-state index contributed by atoms with van der Waals surface area (Å²) >= 11 is 0. The summed E-state index contributed by atoms with van der Waals surface area (Å²) in [7, 11) is 0. The highest BCUT2D eigenvalue weighted by Crippen LogP contribution is 2.18. The summed E-state index contributed by atoms with van der Waals surface area (Å²) in [5.41, 5.74) is 8.55. The molecule has 1 aliphatic heterocycles. The van der Waals surface area contributed by atoms with Gasteiger partial charge in [-0.2, -0.15) is 9.78 Å². The zero-order valence-corrected chi connectivity index (χ0v) is 16.6. The Hall–Kier alpha value is -4.24. The van der Waals surface area contributed by atoms with Gasteiger partial charge in [0, 0.05) is 25.7 Å². The molecule has 0 aliphatic carbocycles. The molecule has 0 saturated carbocycles. The molecule has 15 heteroatoms. The molecule has 3 aromatic rings. The summed E-state index contributed by atoms with van der Waals surface area (Å²) in [6.07, 6.45) is 1.18. The van der Waals surface area contributed by atoms with Crippen LogP contribution in [0.2, 0.25) is 0 Å².